The molecule has 0 atom stereocenters. The first-order valence-corrected chi connectivity index (χ1v) is 15.7. The molecule has 0 amide bonds. The van der Waals surface area contributed by atoms with Crippen LogP contribution in [0, 0.1) is 0 Å². The molecule has 0 spiro atoms. The van der Waals surface area contributed by atoms with Gasteiger partial charge in [0.2, 0.25) is 0 Å². The molecule has 46 heavy (non-hydrogen) atoms. The molecule has 2 nitrogen and oxygen atoms in total. The Balaban J connectivity index is 1.43. The van der Waals surface area contributed by atoms with Crippen molar-refractivity contribution in [3.8, 4) is 33.4 Å². The Hall–Kier alpha value is -6.12. The third-order valence-corrected chi connectivity index (χ3v) is 9.53. The lowest BCUT2D eigenvalue weighted by molar-refractivity contribution is 0.618. The van der Waals surface area contributed by atoms with Crippen LogP contribution in [0.4, 0.5) is 0 Å². The van der Waals surface area contributed by atoms with Gasteiger partial charge in [0.15, 0.2) is 0 Å². The standard InChI is InChI=1S/C44H26O2/c1-2-13-28(14-3-1)37-26-45-44-36(37)25-39-42(35-22-10-11-24-38(35)46-39)43(44)41-33-20-8-6-18-31(33)40(32-19-7-9-21-34(32)41)30-23-12-16-27-15-4-5-17-29(27)30/h1-26H. The van der Waals surface area contributed by atoms with E-state index in [9.17, 15) is 0 Å². The van der Waals surface area contributed by atoms with E-state index in [1.807, 2.05) is 18.4 Å². The van der Waals surface area contributed by atoms with Crippen LogP contribution in [-0.4, -0.2) is 0 Å². The molecule has 2 heterocycles. The largest absolute Gasteiger partial charge is 0.463 e. The van der Waals surface area contributed by atoms with E-state index in [4.69, 9.17) is 8.83 Å². The first kappa shape index (κ1) is 25.2. The second kappa shape index (κ2) is 9.69. The molecule has 0 fully saturated rings. The fourth-order valence-corrected chi connectivity index (χ4v) is 7.58. The van der Waals surface area contributed by atoms with E-state index in [2.05, 4.69) is 140 Å². The highest BCUT2D eigenvalue weighted by molar-refractivity contribution is 6.30. The quantitative estimate of drug-likeness (QED) is 0.193. The van der Waals surface area contributed by atoms with Crippen molar-refractivity contribution in [2.75, 3.05) is 0 Å². The van der Waals surface area contributed by atoms with Crippen LogP contribution >= 0.6 is 0 Å². The fraction of sp³-hybridized carbons (Fsp3) is 0. The van der Waals surface area contributed by atoms with Crippen LogP contribution in [-0.2, 0) is 0 Å². The van der Waals surface area contributed by atoms with E-state index in [0.717, 1.165) is 55.2 Å². The van der Waals surface area contributed by atoms with Crippen LogP contribution in [0.15, 0.2) is 167 Å². The zero-order valence-corrected chi connectivity index (χ0v) is 24.8. The molecule has 214 valence electrons. The topological polar surface area (TPSA) is 26.3 Å². The van der Waals surface area contributed by atoms with Crippen molar-refractivity contribution in [2.24, 2.45) is 0 Å². The summed E-state index contributed by atoms with van der Waals surface area (Å²) in [6.07, 6.45) is 1.90. The molecule has 2 aromatic heterocycles. The van der Waals surface area contributed by atoms with E-state index in [1.54, 1.807) is 0 Å². The summed E-state index contributed by atoms with van der Waals surface area (Å²) in [5, 5.41) is 10.5. The summed E-state index contributed by atoms with van der Waals surface area (Å²) >= 11 is 0. The van der Waals surface area contributed by atoms with Crippen LogP contribution in [0.5, 0.6) is 0 Å². The number of benzene rings is 8. The zero-order chi connectivity index (χ0) is 30.2. The van der Waals surface area contributed by atoms with Gasteiger partial charge in [-0.2, -0.15) is 0 Å². The van der Waals surface area contributed by atoms with Gasteiger partial charge in [-0.1, -0.05) is 140 Å². The van der Waals surface area contributed by atoms with Crippen LogP contribution in [0.2, 0.25) is 0 Å². The monoisotopic (exact) mass is 586 g/mol. The minimum absolute atomic E-state index is 0.855. The lowest BCUT2D eigenvalue weighted by Gasteiger charge is -2.19. The molecular formula is C44H26O2. The average Bonchev–Trinajstić information content (AvgIpc) is 3.71. The Bertz CT molecular complexity index is 2740. The molecule has 0 saturated heterocycles. The summed E-state index contributed by atoms with van der Waals surface area (Å²) in [7, 11) is 0. The number of fused-ring (bicyclic) bond motifs is 7. The molecule has 0 aliphatic heterocycles. The summed E-state index contributed by atoms with van der Waals surface area (Å²) in [6, 6.07) is 53.9. The van der Waals surface area contributed by atoms with Crippen LogP contribution < -0.4 is 0 Å². The Morgan fingerprint density at radius 3 is 1.70 bits per heavy atom. The van der Waals surface area contributed by atoms with Gasteiger partial charge in [0.1, 0.15) is 16.7 Å². The lowest BCUT2D eigenvalue weighted by Crippen LogP contribution is -1.92. The normalized spacial score (nSPS) is 11.9. The van der Waals surface area contributed by atoms with Gasteiger partial charge >= 0.3 is 0 Å². The predicted octanol–water partition coefficient (Wildman–Crippen LogP) is 12.8. The maximum absolute atomic E-state index is 6.64. The van der Waals surface area contributed by atoms with Crippen molar-refractivity contribution in [3.63, 3.8) is 0 Å². The first-order chi connectivity index (χ1) is 22.8. The minimum atomic E-state index is 0.855. The summed E-state index contributed by atoms with van der Waals surface area (Å²) in [5.74, 6) is 0. The molecule has 10 rings (SSSR count). The van der Waals surface area contributed by atoms with E-state index in [1.165, 1.54) is 43.4 Å². The number of para-hydroxylation sites is 1. The summed E-state index contributed by atoms with van der Waals surface area (Å²) in [4.78, 5) is 0. The summed E-state index contributed by atoms with van der Waals surface area (Å²) in [5.41, 5.74) is 9.47. The molecule has 0 aliphatic carbocycles. The summed E-state index contributed by atoms with van der Waals surface area (Å²) in [6.45, 7) is 0. The molecule has 0 saturated carbocycles. The van der Waals surface area contributed by atoms with Crippen LogP contribution in [0.25, 0.3) is 98.6 Å². The van der Waals surface area contributed by atoms with Gasteiger partial charge in [-0.3, -0.25) is 0 Å². The predicted molar refractivity (Wildman–Crippen MR) is 192 cm³/mol. The third kappa shape index (κ3) is 3.53. The van der Waals surface area contributed by atoms with Gasteiger partial charge in [0.25, 0.3) is 0 Å². The Labute approximate surface area is 264 Å². The molecule has 0 bridgehead atoms. The van der Waals surface area contributed by atoms with Crippen molar-refractivity contribution in [1.82, 2.24) is 0 Å². The molecular weight excluding hydrogens is 560 g/mol. The number of furan rings is 2. The van der Waals surface area contributed by atoms with E-state index in [0.29, 0.717) is 0 Å². The number of hydrogen-bond acceptors (Lipinski definition) is 2. The Kier molecular flexibility index (Phi) is 5.31. The molecule has 8 aromatic carbocycles. The number of rotatable bonds is 3. The first-order valence-electron chi connectivity index (χ1n) is 15.7. The number of hydrogen-bond donors (Lipinski definition) is 0. The van der Waals surface area contributed by atoms with Gasteiger partial charge in [0.05, 0.1) is 6.26 Å². The van der Waals surface area contributed by atoms with Crippen molar-refractivity contribution >= 4 is 65.2 Å². The SMILES string of the molecule is c1ccc(-c2coc3c(-c4c5ccccc5c(-c5cccc6ccccc56)c5ccccc45)c4c(cc23)oc2ccccc24)cc1. The van der Waals surface area contributed by atoms with Gasteiger partial charge < -0.3 is 8.83 Å². The third-order valence-electron chi connectivity index (χ3n) is 9.53. The van der Waals surface area contributed by atoms with Crippen molar-refractivity contribution < 1.29 is 8.83 Å². The van der Waals surface area contributed by atoms with Gasteiger partial charge in [-0.05, 0) is 61.1 Å². The van der Waals surface area contributed by atoms with E-state index in [-0.39, 0.29) is 0 Å². The second-order valence-electron chi connectivity index (χ2n) is 12.0. The van der Waals surface area contributed by atoms with E-state index < -0.39 is 0 Å². The minimum Gasteiger partial charge on any atom is -0.463 e. The zero-order valence-electron chi connectivity index (χ0n) is 24.8. The van der Waals surface area contributed by atoms with Crippen LogP contribution in [0.3, 0.4) is 0 Å². The van der Waals surface area contributed by atoms with Crippen LogP contribution in [0.1, 0.15) is 0 Å². The van der Waals surface area contributed by atoms with Crippen molar-refractivity contribution in [1.29, 1.82) is 0 Å². The highest BCUT2D eigenvalue weighted by Gasteiger charge is 2.25. The smallest absolute Gasteiger partial charge is 0.143 e. The van der Waals surface area contributed by atoms with Gasteiger partial charge in [-0.25, -0.2) is 0 Å². The Morgan fingerprint density at radius 1 is 0.370 bits per heavy atom. The van der Waals surface area contributed by atoms with Crippen molar-refractivity contribution in [3.05, 3.63) is 158 Å². The van der Waals surface area contributed by atoms with E-state index >= 15 is 0 Å². The molecule has 0 radical (unpaired) electrons. The highest BCUT2D eigenvalue weighted by atomic mass is 16.3. The maximum Gasteiger partial charge on any atom is 0.143 e. The fourth-order valence-electron chi connectivity index (χ4n) is 7.58. The van der Waals surface area contributed by atoms with Gasteiger partial charge in [-0.15, -0.1) is 0 Å². The Morgan fingerprint density at radius 2 is 0.957 bits per heavy atom. The van der Waals surface area contributed by atoms with Gasteiger partial charge in [0, 0.05) is 32.8 Å². The molecule has 0 N–H and O–H groups in total. The second-order valence-corrected chi connectivity index (χ2v) is 12.0. The maximum atomic E-state index is 6.64. The average molecular weight is 587 g/mol. The molecule has 2 heteroatoms. The molecule has 0 aliphatic rings. The highest BCUT2D eigenvalue weighted by Crippen LogP contribution is 2.51. The lowest BCUT2D eigenvalue weighted by atomic mass is 9.83. The molecule has 10 aromatic rings. The molecule has 0 unspecified atom stereocenters. The summed E-state index contributed by atoms with van der Waals surface area (Å²) < 4.78 is 13.3. The van der Waals surface area contributed by atoms with Crippen molar-refractivity contribution in [2.45, 2.75) is 0 Å².